The second-order valence-electron chi connectivity index (χ2n) is 5.25. The molecule has 0 saturated heterocycles. The third-order valence-electron chi connectivity index (χ3n) is 4.01. The van der Waals surface area contributed by atoms with Crippen molar-refractivity contribution in [1.82, 2.24) is 5.32 Å². The standard InChI is InChI=1S/C15H21NO2/c1-15(8-9-16-2)7-6-14(17)12-5-4-11(18-3)10-13(12)15/h4-5,10,16H,6-9H2,1-3H3. The number of fused-ring (bicyclic) bond motifs is 1. The molecule has 1 aliphatic carbocycles. The van der Waals surface area contributed by atoms with Crippen molar-refractivity contribution < 1.29 is 9.53 Å². The van der Waals surface area contributed by atoms with Crippen LogP contribution in [0, 0.1) is 0 Å². The molecular weight excluding hydrogens is 226 g/mol. The zero-order chi connectivity index (χ0) is 13.2. The number of hydrogen-bond acceptors (Lipinski definition) is 3. The van der Waals surface area contributed by atoms with Crippen LogP contribution < -0.4 is 10.1 Å². The Morgan fingerprint density at radius 2 is 2.22 bits per heavy atom. The average Bonchev–Trinajstić information content (AvgIpc) is 2.41. The Hall–Kier alpha value is -1.35. The molecule has 18 heavy (non-hydrogen) atoms. The number of carbonyl (C=O) groups excluding carboxylic acids is 1. The van der Waals surface area contributed by atoms with Crippen molar-refractivity contribution in [3.63, 3.8) is 0 Å². The van der Waals surface area contributed by atoms with Gasteiger partial charge in [-0.25, -0.2) is 0 Å². The lowest BCUT2D eigenvalue weighted by atomic mass is 9.69. The zero-order valence-corrected chi connectivity index (χ0v) is 11.4. The minimum atomic E-state index is 0.0702. The van der Waals surface area contributed by atoms with E-state index in [0.29, 0.717) is 6.42 Å². The van der Waals surface area contributed by atoms with E-state index in [4.69, 9.17) is 4.74 Å². The van der Waals surface area contributed by atoms with Gasteiger partial charge in [-0.3, -0.25) is 4.79 Å². The van der Waals surface area contributed by atoms with E-state index in [1.807, 2.05) is 25.2 Å². The first-order valence-electron chi connectivity index (χ1n) is 6.47. The molecule has 0 fully saturated rings. The Bertz CT molecular complexity index is 456. The van der Waals surface area contributed by atoms with Crippen molar-refractivity contribution in [2.45, 2.75) is 31.6 Å². The van der Waals surface area contributed by atoms with Gasteiger partial charge in [-0.05, 0) is 55.6 Å². The van der Waals surface area contributed by atoms with Crippen LogP contribution in [0.3, 0.4) is 0 Å². The van der Waals surface area contributed by atoms with Gasteiger partial charge in [0.15, 0.2) is 5.78 Å². The second-order valence-corrected chi connectivity index (χ2v) is 5.25. The monoisotopic (exact) mass is 247 g/mol. The van der Waals surface area contributed by atoms with E-state index in [0.717, 1.165) is 36.3 Å². The number of hydrogen-bond donors (Lipinski definition) is 1. The molecule has 3 nitrogen and oxygen atoms in total. The van der Waals surface area contributed by atoms with Gasteiger partial charge in [0.1, 0.15) is 5.75 Å². The van der Waals surface area contributed by atoms with Crippen LogP contribution in [0.5, 0.6) is 5.75 Å². The molecule has 3 heteroatoms. The number of carbonyl (C=O) groups is 1. The van der Waals surface area contributed by atoms with E-state index in [-0.39, 0.29) is 11.2 Å². The fourth-order valence-corrected chi connectivity index (χ4v) is 2.71. The molecule has 98 valence electrons. The molecule has 1 aromatic carbocycles. The van der Waals surface area contributed by atoms with E-state index < -0.39 is 0 Å². The Morgan fingerprint density at radius 1 is 1.44 bits per heavy atom. The molecule has 0 aliphatic heterocycles. The van der Waals surface area contributed by atoms with E-state index in [1.54, 1.807) is 7.11 Å². The molecule has 1 aliphatic rings. The van der Waals surface area contributed by atoms with Crippen molar-refractivity contribution in [1.29, 1.82) is 0 Å². The molecule has 1 N–H and O–H groups in total. The van der Waals surface area contributed by atoms with Crippen LogP contribution in [0.25, 0.3) is 0 Å². The van der Waals surface area contributed by atoms with Gasteiger partial charge in [0.05, 0.1) is 7.11 Å². The highest BCUT2D eigenvalue weighted by molar-refractivity contribution is 5.99. The van der Waals surface area contributed by atoms with Gasteiger partial charge in [-0.2, -0.15) is 0 Å². The van der Waals surface area contributed by atoms with Crippen LogP contribution in [0.4, 0.5) is 0 Å². The molecule has 0 heterocycles. The predicted molar refractivity (Wildman–Crippen MR) is 72.5 cm³/mol. The first-order chi connectivity index (χ1) is 8.60. The van der Waals surface area contributed by atoms with Crippen molar-refractivity contribution in [2.24, 2.45) is 0 Å². The summed E-state index contributed by atoms with van der Waals surface area (Å²) in [6, 6.07) is 5.82. The van der Waals surface area contributed by atoms with Gasteiger partial charge >= 0.3 is 0 Å². The average molecular weight is 247 g/mol. The Labute approximate surface area is 109 Å². The summed E-state index contributed by atoms with van der Waals surface area (Å²) in [5, 5.41) is 3.19. The van der Waals surface area contributed by atoms with Crippen LogP contribution in [-0.2, 0) is 5.41 Å². The molecule has 0 spiro atoms. The summed E-state index contributed by atoms with van der Waals surface area (Å²) in [5.74, 6) is 1.09. The van der Waals surface area contributed by atoms with Crippen LogP contribution in [0.15, 0.2) is 18.2 Å². The highest BCUT2D eigenvalue weighted by Gasteiger charge is 2.35. The smallest absolute Gasteiger partial charge is 0.163 e. The third kappa shape index (κ3) is 2.27. The van der Waals surface area contributed by atoms with Gasteiger partial charge in [0.2, 0.25) is 0 Å². The Kier molecular flexibility index (Phi) is 3.71. The fraction of sp³-hybridized carbons (Fsp3) is 0.533. The number of ether oxygens (including phenoxy) is 1. The number of nitrogens with one attached hydrogen (secondary N) is 1. The van der Waals surface area contributed by atoms with Gasteiger partial charge in [0, 0.05) is 12.0 Å². The number of benzene rings is 1. The quantitative estimate of drug-likeness (QED) is 0.888. The predicted octanol–water partition coefficient (Wildman–Crippen LogP) is 2.54. The lowest BCUT2D eigenvalue weighted by molar-refractivity contribution is 0.0952. The number of ketones is 1. The molecule has 0 aromatic heterocycles. The van der Waals surface area contributed by atoms with E-state index in [1.165, 1.54) is 0 Å². The Balaban J connectivity index is 2.43. The Morgan fingerprint density at radius 3 is 2.89 bits per heavy atom. The first-order valence-corrected chi connectivity index (χ1v) is 6.47. The molecule has 0 saturated carbocycles. The summed E-state index contributed by atoms with van der Waals surface area (Å²) >= 11 is 0. The lowest BCUT2D eigenvalue weighted by Gasteiger charge is -2.35. The van der Waals surface area contributed by atoms with Crippen molar-refractivity contribution in [2.75, 3.05) is 20.7 Å². The maximum Gasteiger partial charge on any atom is 0.163 e. The maximum atomic E-state index is 12.0. The van der Waals surface area contributed by atoms with E-state index >= 15 is 0 Å². The van der Waals surface area contributed by atoms with Crippen LogP contribution >= 0.6 is 0 Å². The highest BCUT2D eigenvalue weighted by Crippen LogP contribution is 2.40. The van der Waals surface area contributed by atoms with Gasteiger partial charge < -0.3 is 10.1 Å². The van der Waals surface area contributed by atoms with Gasteiger partial charge in [0.25, 0.3) is 0 Å². The minimum Gasteiger partial charge on any atom is -0.497 e. The molecular formula is C15H21NO2. The molecule has 0 amide bonds. The molecule has 1 aromatic rings. The maximum absolute atomic E-state index is 12.0. The summed E-state index contributed by atoms with van der Waals surface area (Å²) in [6.07, 6.45) is 2.62. The van der Waals surface area contributed by atoms with Crippen LogP contribution in [-0.4, -0.2) is 26.5 Å². The fourth-order valence-electron chi connectivity index (χ4n) is 2.71. The molecule has 1 unspecified atom stereocenters. The minimum absolute atomic E-state index is 0.0702. The third-order valence-corrected chi connectivity index (χ3v) is 4.01. The lowest BCUT2D eigenvalue weighted by Crippen LogP contribution is -2.33. The summed E-state index contributed by atoms with van der Waals surface area (Å²) in [7, 11) is 3.63. The molecule has 2 rings (SSSR count). The molecule has 1 atom stereocenters. The first kappa shape index (κ1) is 13.1. The SMILES string of the molecule is CNCCC1(C)CCC(=O)c2ccc(OC)cc21. The summed E-state index contributed by atoms with van der Waals surface area (Å²) < 4.78 is 5.29. The van der Waals surface area contributed by atoms with Crippen molar-refractivity contribution in [3.05, 3.63) is 29.3 Å². The summed E-state index contributed by atoms with van der Waals surface area (Å²) in [6.45, 7) is 3.20. The van der Waals surface area contributed by atoms with E-state index in [2.05, 4.69) is 12.2 Å². The van der Waals surface area contributed by atoms with Crippen LogP contribution in [0.1, 0.15) is 42.1 Å². The number of rotatable bonds is 4. The molecule has 0 bridgehead atoms. The summed E-state index contributed by atoms with van der Waals surface area (Å²) in [4.78, 5) is 12.0. The highest BCUT2D eigenvalue weighted by atomic mass is 16.5. The van der Waals surface area contributed by atoms with E-state index in [9.17, 15) is 4.79 Å². The normalized spacial score (nSPS) is 22.7. The largest absolute Gasteiger partial charge is 0.497 e. The zero-order valence-electron chi connectivity index (χ0n) is 11.4. The number of methoxy groups -OCH3 is 1. The number of Topliss-reactive ketones (excluding diaryl/α,β-unsaturated/α-hetero) is 1. The summed E-state index contributed by atoms with van der Waals surface area (Å²) in [5.41, 5.74) is 2.09. The van der Waals surface area contributed by atoms with Gasteiger partial charge in [-0.15, -0.1) is 0 Å². The van der Waals surface area contributed by atoms with Gasteiger partial charge in [-0.1, -0.05) is 6.92 Å². The van der Waals surface area contributed by atoms with Crippen molar-refractivity contribution >= 4 is 5.78 Å². The topological polar surface area (TPSA) is 38.3 Å². The van der Waals surface area contributed by atoms with Crippen molar-refractivity contribution in [3.8, 4) is 5.75 Å². The molecule has 0 radical (unpaired) electrons. The van der Waals surface area contributed by atoms with Crippen LogP contribution in [0.2, 0.25) is 0 Å². The second kappa shape index (κ2) is 5.11.